The number of nitrogens with zero attached hydrogens (tertiary/aromatic N) is 1. The fourth-order valence-corrected chi connectivity index (χ4v) is 1.34. The van der Waals surface area contributed by atoms with Crippen molar-refractivity contribution in [1.82, 2.24) is 4.98 Å². The van der Waals surface area contributed by atoms with Crippen LogP contribution in [-0.2, 0) is 0 Å². The van der Waals surface area contributed by atoms with Gasteiger partial charge in [0.15, 0.2) is 0 Å². The number of anilines is 2. The van der Waals surface area contributed by atoms with E-state index in [0.29, 0.717) is 5.69 Å². The summed E-state index contributed by atoms with van der Waals surface area (Å²) in [5.74, 6) is 0. The summed E-state index contributed by atoms with van der Waals surface area (Å²) >= 11 is 0. The van der Waals surface area contributed by atoms with Gasteiger partial charge in [0.1, 0.15) is 0 Å². The lowest BCUT2D eigenvalue weighted by Crippen LogP contribution is -2.23. The van der Waals surface area contributed by atoms with Gasteiger partial charge in [-0.2, -0.15) is 13.2 Å². The van der Waals surface area contributed by atoms with Crippen LogP contribution in [0.15, 0.2) is 18.5 Å². The van der Waals surface area contributed by atoms with Crippen molar-refractivity contribution in [1.29, 1.82) is 0 Å². The lowest BCUT2D eigenvalue weighted by atomic mass is 10.2. The van der Waals surface area contributed by atoms with Gasteiger partial charge in [0.25, 0.3) is 0 Å². The fourth-order valence-electron chi connectivity index (χ4n) is 1.34. The van der Waals surface area contributed by atoms with Gasteiger partial charge in [-0.3, -0.25) is 4.98 Å². The van der Waals surface area contributed by atoms with Crippen LogP contribution in [0.25, 0.3) is 0 Å². The van der Waals surface area contributed by atoms with E-state index in [2.05, 4.69) is 15.6 Å². The number of alkyl halides is 3. The molecule has 0 bridgehead atoms. The maximum atomic E-state index is 12.1. The third-order valence-electron chi connectivity index (χ3n) is 1.98. The molecule has 6 heteroatoms. The molecule has 0 fully saturated rings. The van der Waals surface area contributed by atoms with Crippen LogP contribution >= 0.6 is 0 Å². The first kappa shape index (κ1) is 12.6. The Balaban J connectivity index is 2.59. The summed E-state index contributed by atoms with van der Waals surface area (Å²) in [5.41, 5.74) is 1.33. The number of pyridine rings is 1. The molecule has 1 aromatic heterocycles. The molecular formula is C10H14F3N3. The Kier molecular flexibility index (Phi) is 3.98. The van der Waals surface area contributed by atoms with Gasteiger partial charge in [0.05, 0.1) is 30.2 Å². The van der Waals surface area contributed by atoms with Crippen LogP contribution in [0.4, 0.5) is 24.5 Å². The molecule has 0 amide bonds. The lowest BCUT2D eigenvalue weighted by molar-refractivity contribution is -0.136. The molecule has 1 heterocycles. The van der Waals surface area contributed by atoms with E-state index in [0.717, 1.165) is 5.69 Å². The minimum absolute atomic E-state index is 0.573. The van der Waals surface area contributed by atoms with E-state index in [-0.39, 0.29) is 0 Å². The Morgan fingerprint density at radius 2 is 1.94 bits per heavy atom. The third kappa shape index (κ3) is 4.37. The highest BCUT2D eigenvalue weighted by Gasteiger charge is 2.29. The third-order valence-corrected chi connectivity index (χ3v) is 1.98. The summed E-state index contributed by atoms with van der Waals surface area (Å²) in [4.78, 5) is 3.90. The van der Waals surface area contributed by atoms with Crippen LogP contribution in [0.2, 0.25) is 0 Å². The maximum absolute atomic E-state index is 12.1. The summed E-state index contributed by atoms with van der Waals surface area (Å²) in [6, 6.07) is 1.04. The van der Waals surface area contributed by atoms with Gasteiger partial charge in [-0.05, 0) is 13.0 Å². The average molecular weight is 233 g/mol. The lowest BCUT2D eigenvalue weighted by Gasteiger charge is -2.17. The summed E-state index contributed by atoms with van der Waals surface area (Å²) < 4.78 is 36.3. The first-order valence-electron chi connectivity index (χ1n) is 4.87. The number of hydrogen-bond donors (Lipinski definition) is 2. The van der Waals surface area contributed by atoms with Crippen LogP contribution in [0.3, 0.4) is 0 Å². The summed E-state index contributed by atoms with van der Waals surface area (Å²) in [6.07, 6.45) is -1.93. The highest BCUT2D eigenvalue weighted by molar-refractivity contribution is 5.53. The first-order valence-corrected chi connectivity index (χ1v) is 4.87. The molecule has 1 rings (SSSR count). The minimum atomic E-state index is -4.15. The molecule has 3 nitrogen and oxygen atoms in total. The molecular weight excluding hydrogens is 219 g/mol. The van der Waals surface area contributed by atoms with Crippen LogP contribution in [0.5, 0.6) is 0 Å². The predicted octanol–water partition coefficient (Wildman–Crippen LogP) is 2.88. The second-order valence-electron chi connectivity index (χ2n) is 3.58. The highest BCUT2D eigenvalue weighted by atomic mass is 19.4. The molecule has 2 N–H and O–H groups in total. The SMILES string of the molecule is CNc1cncc(NC(C)CC(F)(F)F)c1. The van der Waals surface area contributed by atoms with Gasteiger partial charge >= 0.3 is 6.18 Å². The minimum Gasteiger partial charge on any atom is -0.387 e. The molecule has 0 radical (unpaired) electrons. The molecule has 0 aromatic carbocycles. The van der Waals surface area contributed by atoms with E-state index < -0.39 is 18.6 Å². The normalized spacial score (nSPS) is 13.3. The van der Waals surface area contributed by atoms with Gasteiger partial charge in [0, 0.05) is 13.1 Å². The largest absolute Gasteiger partial charge is 0.391 e. The Morgan fingerprint density at radius 1 is 1.31 bits per heavy atom. The van der Waals surface area contributed by atoms with E-state index in [1.807, 2.05) is 0 Å². The molecule has 0 aliphatic rings. The topological polar surface area (TPSA) is 37.0 Å². The van der Waals surface area contributed by atoms with Crippen molar-refractivity contribution >= 4 is 11.4 Å². The molecule has 0 saturated carbocycles. The van der Waals surface area contributed by atoms with E-state index in [4.69, 9.17) is 0 Å². The Hall–Kier alpha value is -1.46. The van der Waals surface area contributed by atoms with Crippen molar-refractivity contribution < 1.29 is 13.2 Å². The van der Waals surface area contributed by atoms with Crippen LogP contribution in [-0.4, -0.2) is 24.2 Å². The predicted molar refractivity (Wildman–Crippen MR) is 57.5 cm³/mol. The van der Waals surface area contributed by atoms with Crippen LogP contribution in [0, 0.1) is 0 Å². The summed E-state index contributed by atoms with van der Waals surface area (Å²) in [5, 5.41) is 5.61. The summed E-state index contributed by atoms with van der Waals surface area (Å²) in [7, 11) is 1.72. The first-order chi connectivity index (χ1) is 7.40. The molecule has 1 unspecified atom stereocenters. The molecule has 1 aromatic rings. The molecule has 90 valence electrons. The number of halogens is 3. The number of rotatable bonds is 4. The monoisotopic (exact) mass is 233 g/mol. The van der Waals surface area contributed by atoms with Crippen molar-refractivity contribution in [2.75, 3.05) is 17.7 Å². The zero-order valence-electron chi connectivity index (χ0n) is 9.10. The van der Waals surface area contributed by atoms with Crippen molar-refractivity contribution in [3.63, 3.8) is 0 Å². The Labute approximate surface area is 92.1 Å². The van der Waals surface area contributed by atoms with Gasteiger partial charge < -0.3 is 10.6 Å². The van der Waals surface area contributed by atoms with Crippen LogP contribution < -0.4 is 10.6 Å². The highest BCUT2D eigenvalue weighted by Crippen LogP contribution is 2.23. The molecule has 0 aliphatic carbocycles. The quantitative estimate of drug-likeness (QED) is 0.839. The van der Waals surface area contributed by atoms with Crippen molar-refractivity contribution in [3.8, 4) is 0 Å². The summed E-state index contributed by atoms with van der Waals surface area (Å²) in [6.45, 7) is 1.49. The second kappa shape index (κ2) is 5.05. The molecule has 0 aliphatic heterocycles. The van der Waals surface area contributed by atoms with Crippen molar-refractivity contribution in [2.24, 2.45) is 0 Å². The van der Waals surface area contributed by atoms with Gasteiger partial charge in [-0.1, -0.05) is 0 Å². The Bertz CT molecular complexity index is 338. The number of hydrogen-bond acceptors (Lipinski definition) is 3. The van der Waals surface area contributed by atoms with Crippen LogP contribution in [0.1, 0.15) is 13.3 Å². The Morgan fingerprint density at radius 3 is 2.50 bits per heavy atom. The van der Waals surface area contributed by atoms with Crippen molar-refractivity contribution in [3.05, 3.63) is 18.5 Å². The molecule has 16 heavy (non-hydrogen) atoms. The standard InChI is InChI=1S/C10H14F3N3/c1-7(4-10(11,12)13)16-9-3-8(14-2)5-15-6-9/h3,5-7,14,16H,4H2,1-2H3. The average Bonchev–Trinajstić information content (AvgIpc) is 2.15. The van der Waals surface area contributed by atoms with E-state index in [1.165, 1.54) is 13.1 Å². The van der Waals surface area contributed by atoms with E-state index in [9.17, 15) is 13.2 Å². The van der Waals surface area contributed by atoms with Gasteiger partial charge in [0.2, 0.25) is 0 Å². The molecule has 0 spiro atoms. The van der Waals surface area contributed by atoms with E-state index in [1.54, 1.807) is 19.3 Å². The fraction of sp³-hybridized carbons (Fsp3) is 0.500. The zero-order chi connectivity index (χ0) is 12.2. The van der Waals surface area contributed by atoms with Crippen molar-refractivity contribution in [2.45, 2.75) is 25.6 Å². The zero-order valence-corrected chi connectivity index (χ0v) is 9.10. The molecule has 0 saturated heterocycles. The smallest absolute Gasteiger partial charge is 0.387 e. The molecule has 1 atom stereocenters. The van der Waals surface area contributed by atoms with Gasteiger partial charge in [-0.25, -0.2) is 0 Å². The second-order valence-corrected chi connectivity index (χ2v) is 3.58. The number of nitrogens with one attached hydrogen (secondary N) is 2. The van der Waals surface area contributed by atoms with E-state index >= 15 is 0 Å². The van der Waals surface area contributed by atoms with Gasteiger partial charge in [-0.15, -0.1) is 0 Å². The maximum Gasteiger partial charge on any atom is 0.391 e. The number of aromatic nitrogens is 1.